The molecule has 1 aliphatic heterocycles. The number of carbonyl (C=O) groups excluding carboxylic acids is 1. The predicted octanol–water partition coefficient (Wildman–Crippen LogP) is 11.9. The molecular weight excluding hydrogens is 826 g/mol. The van der Waals surface area contributed by atoms with Crippen LogP contribution >= 0.6 is 23.4 Å². The Morgan fingerprint density at radius 2 is 1.43 bits per heavy atom. The monoisotopic (exact) mass is 883 g/mol. The third kappa shape index (κ3) is 13.1. The van der Waals surface area contributed by atoms with E-state index in [9.17, 15) is 13.2 Å². The van der Waals surface area contributed by atoms with Gasteiger partial charge in [0.25, 0.3) is 5.91 Å². The van der Waals surface area contributed by atoms with E-state index in [0.29, 0.717) is 39.3 Å². The molecule has 1 N–H and O–H groups in total. The summed E-state index contributed by atoms with van der Waals surface area (Å²) in [6.07, 6.45) is 15.5. The highest BCUT2D eigenvalue weighted by molar-refractivity contribution is 7.99. The Morgan fingerprint density at radius 3 is 2.10 bits per heavy atom. The van der Waals surface area contributed by atoms with Crippen LogP contribution in [0.3, 0.4) is 0 Å². The van der Waals surface area contributed by atoms with E-state index in [1.54, 1.807) is 53.2 Å². The molecule has 0 saturated carbocycles. The fourth-order valence-corrected chi connectivity index (χ4v) is 9.69. The SMILES string of the molecule is CCCCCCCCCCCCCCCCS(=O)(=O)Nc1ccccc1N1N=C(c2ccc(Cl)cc2)C(Oc2ccc(C)cc2C(C)Sc2nnnn2-c2ccccc2)C1=O. The highest BCUT2D eigenvalue weighted by Gasteiger charge is 2.41. The van der Waals surface area contributed by atoms with Crippen molar-refractivity contribution in [3.05, 3.63) is 119 Å². The number of anilines is 2. The molecule has 61 heavy (non-hydrogen) atoms. The highest BCUT2D eigenvalue weighted by Crippen LogP contribution is 2.41. The lowest BCUT2D eigenvalue weighted by atomic mass is 10.0. The molecule has 0 saturated heterocycles. The largest absolute Gasteiger partial charge is 0.474 e. The number of hydrazone groups is 1. The van der Waals surface area contributed by atoms with Crippen LogP contribution in [0.2, 0.25) is 5.02 Å². The molecule has 0 radical (unpaired) electrons. The number of benzene rings is 4. The van der Waals surface area contributed by atoms with Gasteiger partial charge < -0.3 is 4.74 Å². The molecule has 5 aromatic rings. The van der Waals surface area contributed by atoms with Crippen LogP contribution < -0.4 is 14.5 Å². The molecule has 0 spiro atoms. The number of ether oxygens (including phenoxy) is 1. The minimum atomic E-state index is -3.72. The van der Waals surface area contributed by atoms with Gasteiger partial charge in [-0.1, -0.05) is 174 Å². The number of nitrogens with zero attached hydrogens (tertiary/aromatic N) is 6. The number of sulfonamides is 1. The number of tetrazole rings is 1. The number of aryl methyl sites for hydroxylation is 1. The van der Waals surface area contributed by atoms with Crippen molar-refractivity contribution in [2.24, 2.45) is 5.10 Å². The van der Waals surface area contributed by atoms with Crippen molar-refractivity contribution in [2.45, 2.75) is 127 Å². The highest BCUT2D eigenvalue weighted by atomic mass is 35.5. The quantitative estimate of drug-likeness (QED) is 0.0453. The average Bonchev–Trinajstić information content (AvgIpc) is 3.85. The van der Waals surface area contributed by atoms with E-state index in [0.717, 1.165) is 36.1 Å². The van der Waals surface area contributed by atoms with Crippen LogP contribution in [0.4, 0.5) is 11.4 Å². The first-order valence-electron chi connectivity index (χ1n) is 21.7. The third-order valence-electron chi connectivity index (χ3n) is 10.8. The maximum Gasteiger partial charge on any atom is 0.294 e. The van der Waals surface area contributed by atoms with E-state index in [1.165, 1.54) is 81.0 Å². The molecule has 11 nitrogen and oxygen atoms in total. The lowest BCUT2D eigenvalue weighted by Crippen LogP contribution is -2.37. The molecule has 324 valence electrons. The Labute approximate surface area is 370 Å². The fourth-order valence-electron chi connectivity index (χ4n) is 7.42. The summed E-state index contributed by atoms with van der Waals surface area (Å²) in [6.45, 7) is 6.29. The smallest absolute Gasteiger partial charge is 0.294 e. The second-order valence-electron chi connectivity index (χ2n) is 15.7. The zero-order chi connectivity index (χ0) is 43.0. The molecule has 4 aromatic carbocycles. The number of unbranched alkanes of at least 4 members (excludes halogenated alkanes) is 13. The molecule has 0 bridgehead atoms. The number of nitrogens with one attached hydrogen (secondary N) is 1. The third-order valence-corrected chi connectivity index (χ3v) is 13.4. The topological polar surface area (TPSA) is 132 Å². The van der Waals surface area contributed by atoms with E-state index in [4.69, 9.17) is 21.4 Å². The van der Waals surface area contributed by atoms with E-state index in [-0.39, 0.29) is 16.7 Å². The molecule has 2 heterocycles. The Morgan fingerprint density at radius 1 is 0.803 bits per heavy atom. The number of amides is 1. The standard InChI is InChI=1S/C47H58ClN7O4S2/c1-4-5-6-7-8-9-10-11-12-13-14-15-16-22-33-61(57,58)51-41-25-20-21-26-42(41)55-46(56)45(44(50-55)37-28-30-38(48)31-29-37)59-43-32-27-35(2)34-40(43)36(3)60-47-49-52-53-54(47)39-23-18-17-19-24-39/h17-21,23-32,34,36,45,51H,4-16,22,33H2,1-3H3. The van der Waals surface area contributed by atoms with Crippen molar-refractivity contribution in [3.8, 4) is 11.4 Å². The molecule has 0 aliphatic carbocycles. The Bertz CT molecular complexity index is 2310. The van der Waals surface area contributed by atoms with Gasteiger partial charge in [-0.15, -0.1) is 5.10 Å². The van der Waals surface area contributed by atoms with Gasteiger partial charge in [-0.2, -0.15) is 14.8 Å². The fraction of sp³-hybridized carbons (Fsp3) is 0.426. The molecule has 6 rings (SSSR count). The maximum absolute atomic E-state index is 14.6. The van der Waals surface area contributed by atoms with Crippen molar-refractivity contribution in [1.82, 2.24) is 20.2 Å². The van der Waals surface area contributed by atoms with Crippen LogP contribution in [0, 0.1) is 6.92 Å². The number of carbonyl (C=O) groups is 1. The Kier molecular flexibility index (Phi) is 17.2. The van der Waals surface area contributed by atoms with Crippen LogP contribution in [0.5, 0.6) is 5.75 Å². The molecule has 0 fully saturated rings. The van der Waals surface area contributed by atoms with E-state index in [1.807, 2.05) is 62.4 Å². The van der Waals surface area contributed by atoms with E-state index < -0.39 is 22.0 Å². The van der Waals surface area contributed by atoms with Gasteiger partial charge in [0, 0.05) is 21.4 Å². The van der Waals surface area contributed by atoms with Gasteiger partial charge in [-0.3, -0.25) is 9.52 Å². The zero-order valence-electron chi connectivity index (χ0n) is 35.5. The Balaban J connectivity index is 1.12. The second-order valence-corrected chi connectivity index (χ2v) is 19.3. The second kappa shape index (κ2) is 22.9. The number of para-hydroxylation sites is 3. The van der Waals surface area contributed by atoms with Gasteiger partial charge in [0.15, 0.2) is 0 Å². The molecule has 1 aliphatic rings. The van der Waals surface area contributed by atoms with Gasteiger partial charge in [0.1, 0.15) is 11.5 Å². The first kappa shape index (κ1) is 45.8. The van der Waals surface area contributed by atoms with Crippen molar-refractivity contribution in [1.29, 1.82) is 0 Å². The summed E-state index contributed by atoms with van der Waals surface area (Å²) in [7, 11) is -3.72. The van der Waals surface area contributed by atoms with Gasteiger partial charge in [0.05, 0.1) is 22.8 Å². The maximum atomic E-state index is 14.6. The lowest BCUT2D eigenvalue weighted by Gasteiger charge is -2.22. The van der Waals surface area contributed by atoms with Crippen LogP contribution in [0.15, 0.2) is 107 Å². The summed E-state index contributed by atoms with van der Waals surface area (Å²) in [6, 6.07) is 29.3. The number of halogens is 1. The average molecular weight is 885 g/mol. The van der Waals surface area contributed by atoms with Crippen LogP contribution in [0.25, 0.3) is 5.69 Å². The summed E-state index contributed by atoms with van der Waals surface area (Å²) in [4.78, 5) is 14.6. The van der Waals surface area contributed by atoms with Gasteiger partial charge in [-0.05, 0) is 73.2 Å². The normalized spacial score (nSPS) is 14.6. The van der Waals surface area contributed by atoms with E-state index in [2.05, 4.69) is 27.2 Å². The number of hydrogen-bond donors (Lipinski definition) is 1. The van der Waals surface area contributed by atoms with Crippen molar-refractivity contribution < 1.29 is 17.9 Å². The summed E-state index contributed by atoms with van der Waals surface area (Å²) in [5, 5.41) is 19.4. The zero-order valence-corrected chi connectivity index (χ0v) is 37.9. The number of aromatic nitrogens is 4. The predicted molar refractivity (Wildman–Crippen MR) is 249 cm³/mol. The molecule has 2 unspecified atom stereocenters. The minimum Gasteiger partial charge on any atom is -0.474 e. The van der Waals surface area contributed by atoms with Gasteiger partial charge in [0.2, 0.25) is 21.3 Å². The molecular formula is C47H58ClN7O4S2. The first-order chi connectivity index (χ1) is 29.6. The van der Waals surface area contributed by atoms with Crippen molar-refractivity contribution in [2.75, 3.05) is 15.5 Å². The van der Waals surface area contributed by atoms with Crippen LogP contribution in [-0.4, -0.2) is 52.1 Å². The summed E-state index contributed by atoms with van der Waals surface area (Å²) in [5.74, 6) is 0.0133. The first-order valence-corrected chi connectivity index (χ1v) is 24.6. The van der Waals surface area contributed by atoms with Gasteiger partial charge in [-0.25, -0.2) is 8.42 Å². The Hall–Kier alpha value is -4.72. The van der Waals surface area contributed by atoms with Gasteiger partial charge >= 0.3 is 0 Å². The number of rotatable bonds is 25. The van der Waals surface area contributed by atoms with E-state index >= 15 is 0 Å². The minimum absolute atomic E-state index is 0.0115. The number of hydrogen-bond acceptors (Lipinski definition) is 9. The molecule has 1 amide bonds. The van der Waals surface area contributed by atoms with Crippen molar-refractivity contribution >= 4 is 56.4 Å². The molecule has 14 heteroatoms. The summed E-state index contributed by atoms with van der Waals surface area (Å²) < 4.78 is 38.0. The van der Waals surface area contributed by atoms with Crippen molar-refractivity contribution in [3.63, 3.8) is 0 Å². The van der Waals surface area contributed by atoms with Crippen LogP contribution in [-0.2, 0) is 14.8 Å². The summed E-state index contributed by atoms with van der Waals surface area (Å²) >= 11 is 7.74. The molecule has 1 aromatic heterocycles. The lowest BCUT2D eigenvalue weighted by molar-refractivity contribution is -0.121. The summed E-state index contributed by atoms with van der Waals surface area (Å²) in [5.41, 5.74) is 4.25. The number of thioether (sulfide) groups is 1. The molecule has 2 atom stereocenters. The van der Waals surface area contributed by atoms with Crippen LogP contribution in [0.1, 0.15) is 126 Å².